The molecule has 0 bridgehead atoms. The molecular formula is C21H34N4O3. The predicted octanol–water partition coefficient (Wildman–Crippen LogP) is 2.02. The van der Waals surface area contributed by atoms with Gasteiger partial charge in [0.15, 0.2) is 0 Å². The highest BCUT2D eigenvalue weighted by Crippen LogP contribution is 2.25. The van der Waals surface area contributed by atoms with Gasteiger partial charge in [-0.05, 0) is 37.5 Å². The lowest BCUT2D eigenvalue weighted by molar-refractivity contribution is -0.132. The van der Waals surface area contributed by atoms with E-state index in [9.17, 15) is 19.6 Å². The molecule has 3 amide bonds. The van der Waals surface area contributed by atoms with E-state index >= 15 is 0 Å². The quantitative estimate of drug-likeness (QED) is 0.617. The maximum Gasteiger partial charge on any atom is 0.243 e. The zero-order valence-electron chi connectivity index (χ0n) is 17.3. The summed E-state index contributed by atoms with van der Waals surface area (Å²) in [5.74, 6) is -0.746. The fourth-order valence-electron chi connectivity index (χ4n) is 4.05. The summed E-state index contributed by atoms with van der Waals surface area (Å²) in [7, 11) is 0. The highest BCUT2D eigenvalue weighted by molar-refractivity contribution is 5.89. The Bertz CT molecular complexity index is 614. The highest BCUT2D eigenvalue weighted by Gasteiger charge is 2.32. The SMILES string of the molecule is CC(C)(C)C[C@H](NC(=O)C1CCCCC1)C(=O)N[C@@H](C#N)C[C@@H]1CCNC1=O. The van der Waals surface area contributed by atoms with Crippen LogP contribution in [0.4, 0.5) is 0 Å². The minimum atomic E-state index is -0.740. The normalized spacial score (nSPS) is 22.6. The van der Waals surface area contributed by atoms with Gasteiger partial charge in [-0.1, -0.05) is 40.0 Å². The molecular weight excluding hydrogens is 356 g/mol. The summed E-state index contributed by atoms with van der Waals surface area (Å²) in [5.41, 5.74) is -0.157. The molecule has 1 aliphatic heterocycles. The average Bonchev–Trinajstić information content (AvgIpc) is 3.04. The smallest absolute Gasteiger partial charge is 0.243 e. The Kier molecular flexibility index (Phi) is 7.85. The first kappa shape index (κ1) is 22.2. The average molecular weight is 391 g/mol. The second-order valence-corrected chi connectivity index (χ2v) is 9.36. The first-order valence-corrected chi connectivity index (χ1v) is 10.5. The third-order valence-electron chi connectivity index (χ3n) is 5.58. The maximum absolute atomic E-state index is 12.9. The molecule has 2 rings (SSSR count). The number of nitriles is 1. The Balaban J connectivity index is 1.99. The molecule has 156 valence electrons. The van der Waals surface area contributed by atoms with Gasteiger partial charge in [0.2, 0.25) is 17.7 Å². The van der Waals surface area contributed by atoms with Crippen LogP contribution in [-0.2, 0) is 14.4 Å². The van der Waals surface area contributed by atoms with E-state index in [0.717, 1.165) is 32.1 Å². The largest absolute Gasteiger partial charge is 0.356 e. The number of nitrogens with zero attached hydrogens (tertiary/aromatic N) is 1. The Morgan fingerprint density at radius 3 is 2.39 bits per heavy atom. The van der Waals surface area contributed by atoms with E-state index in [2.05, 4.69) is 22.0 Å². The third-order valence-corrected chi connectivity index (χ3v) is 5.58. The molecule has 0 unspecified atom stereocenters. The summed E-state index contributed by atoms with van der Waals surface area (Å²) in [4.78, 5) is 37.3. The molecule has 3 atom stereocenters. The Labute approximate surface area is 168 Å². The molecule has 0 aromatic rings. The van der Waals surface area contributed by atoms with Crippen molar-refractivity contribution in [3.8, 4) is 6.07 Å². The lowest BCUT2D eigenvalue weighted by atomic mass is 9.86. The van der Waals surface area contributed by atoms with Crippen LogP contribution in [0.1, 0.15) is 72.1 Å². The van der Waals surface area contributed by atoms with Crippen molar-refractivity contribution >= 4 is 17.7 Å². The lowest BCUT2D eigenvalue weighted by Crippen LogP contribution is -2.52. The number of carbonyl (C=O) groups is 3. The van der Waals surface area contributed by atoms with Crippen molar-refractivity contribution in [1.82, 2.24) is 16.0 Å². The fraction of sp³-hybridized carbons (Fsp3) is 0.810. The van der Waals surface area contributed by atoms with Crippen LogP contribution in [-0.4, -0.2) is 36.3 Å². The van der Waals surface area contributed by atoms with Crippen molar-refractivity contribution < 1.29 is 14.4 Å². The van der Waals surface area contributed by atoms with Gasteiger partial charge in [-0.15, -0.1) is 0 Å². The van der Waals surface area contributed by atoms with Crippen molar-refractivity contribution in [2.45, 2.75) is 84.2 Å². The van der Waals surface area contributed by atoms with E-state index < -0.39 is 12.1 Å². The van der Waals surface area contributed by atoms with Crippen molar-refractivity contribution in [1.29, 1.82) is 5.26 Å². The summed E-state index contributed by atoms with van der Waals surface area (Å²) in [6, 6.07) is 0.672. The zero-order chi connectivity index (χ0) is 20.7. The van der Waals surface area contributed by atoms with E-state index in [-0.39, 0.29) is 35.0 Å². The van der Waals surface area contributed by atoms with Crippen LogP contribution in [0.2, 0.25) is 0 Å². The Morgan fingerprint density at radius 1 is 1.18 bits per heavy atom. The molecule has 28 heavy (non-hydrogen) atoms. The standard InChI is InChI=1S/C21H34N4O3/c1-21(2,3)12-17(25-19(27)14-7-5-4-6-8-14)20(28)24-16(13-22)11-15-9-10-23-18(15)26/h14-17H,4-12H2,1-3H3,(H,23,26)(H,24,28)(H,25,27)/t15-,16+,17-/m0/s1. The molecule has 0 aromatic heterocycles. The Hall–Kier alpha value is -2.10. The molecule has 0 radical (unpaired) electrons. The molecule has 3 N–H and O–H groups in total. The van der Waals surface area contributed by atoms with Gasteiger partial charge < -0.3 is 16.0 Å². The van der Waals surface area contributed by atoms with Crippen LogP contribution >= 0.6 is 0 Å². The lowest BCUT2D eigenvalue weighted by Gasteiger charge is -2.29. The van der Waals surface area contributed by atoms with Gasteiger partial charge >= 0.3 is 0 Å². The molecule has 7 heteroatoms. The van der Waals surface area contributed by atoms with Crippen molar-refractivity contribution in [2.24, 2.45) is 17.3 Å². The molecule has 1 aliphatic carbocycles. The first-order chi connectivity index (χ1) is 13.2. The Morgan fingerprint density at radius 2 is 1.86 bits per heavy atom. The van der Waals surface area contributed by atoms with Gasteiger partial charge in [0.1, 0.15) is 12.1 Å². The fourth-order valence-corrected chi connectivity index (χ4v) is 4.05. The second kappa shape index (κ2) is 9.90. The van der Waals surface area contributed by atoms with Crippen molar-refractivity contribution in [2.75, 3.05) is 6.54 Å². The summed E-state index contributed by atoms with van der Waals surface area (Å²) < 4.78 is 0. The zero-order valence-corrected chi connectivity index (χ0v) is 17.3. The summed E-state index contributed by atoms with van der Waals surface area (Å²) in [5, 5.41) is 17.9. The number of carbonyl (C=O) groups excluding carboxylic acids is 3. The van der Waals surface area contributed by atoms with Crippen LogP contribution in [0.25, 0.3) is 0 Å². The van der Waals surface area contributed by atoms with Gasteiger partial charge in [-0.25, -0.2) is 0 Å². The molecule has 1 saturated heterocycles. The third kappa shape index (κ3) is 6.81. The minimum Gasteiger partial charge on any atom is -0.356 e. The second-order valence-electron chi connectivity index (χ2n) is 9.36. The highest BCUT2D eigenvalue weighted by atomic mass is 16.2. The molecule has 0 spiro atoms. The number of amides is 3. The van der Waals surface area contributed by atoms with Crippen LogP contribution in [0, 0.1) is 28.6 Å². The van der Waals surface area contributed by atoms with Gasteiger partial charge in [-0.3, -0.25) is 14.4 Å². The van der Waals surface area contributed by atoms with E-state index in [4.69, 9.17) is 0 Å². The van der Waals surface area contributed by atoms with Crippen LogP contribution in [0.15, 0.2) is 0 Å². The summed E-state index contributed by atoms with van der Waals surface area (Å²) in [6.45, 7) is 6.67. The van der Waals surface area contributed by atoms with Crippen LogP contribution in [0.3, 0.4) is 0 Å². The minimum absolute atomic E-state index is 0.0297. The number of nitrogens with one attached hydrogen (secondary N) is 3. The van der Waals surface area contributed by atoms with Crippen molar-refractivity contribution in [3.63, 3.8) is 0 Å². The summed E-state index contributed by atoms with van der Waals surface area (Å²) in [6.07, 6.45) is 6.46. The van der Waals surface area contributed by atoms with Gasteiger partial charge in [0.25, 0.3) is 0 Å². The van der Waals surface area contributed by atoms with Gasteiger partial charge in [-0.2, -0.15) is 5.26 Å². The monoisotopic (exact) mass is 390 g/mol. The van der Waals surface area contributed by atoms with E-state index in [1.54, 1.807) is 0 Å². The van der Waals surface area contributed by atoms with Crippen LogP contribution in [0.5, 0.6) is 0 Å². The molecule has 2 aliphatic rings. The van der Waals surface area contributed by atoms with Gasteiger partial charge in [0.05, 0.1) is 6.07 Å². The number of rotatable bonds is 7. The molecule has 1 heterocycles. The summed E-state index contributed by atoms with van der Waals surface area (Å²) >= 11 is 0. The van der Waals surface area contributed by atoms with Crippen LogP contribution < -0.4 is 16.0 Å². The number of hydrogen-bond acceptors (Lipinski definition) is 4. The molecule has 0 aromatic carbocycles. The number of hydrogen-bond donors (Lipinski definition) is 3. The van der Waals surface area contributed by atoms with Gasteiger partial charge in [0, 0.05) is 18.4 Å². The van der Waals surface area contributed by atoms with E-state index in [0.29, 0.717) is 25.8 Å². The maximum atomic E-state index is 12.9. The first-order valence-electron chi connectivity index (χ1n) is 10.5. The van der Waals surface area contributed by atoms with E-state index in [1.165, 1.54) is 0 Å². The molecule has 2 fully saturated rings. The van der Waals surface area contributed by atoms with Crippen molar-refractivity contribution in [3.05, 3.63) is 0 Å². The topological polar surface area (TPSA) is 111 Å². The molecule has 1 saturated carbocycles. The predicted molar refractivity (Wildman–Crippen MR) is 106 cm³/mol. The molecule has 7 nitrogen and oxygen atoms in total. The van der Waals surface area contributed by atoms with E-state index in [1.807, 2.05) is 20.8 Å².